The highest BCUT2D eigenvalue weighted by atomic mass is 16.6. The summed E-state index contributed by atoms with van der Waals surface area (Å²) in [7, 11) is 0. The smallest absolute Gasteiger partial charge is 0.309 e. The molecule has 1 unspecified atom stereocenters. The summed E-state index contributed by atoms with van der Waals surface area (Å²) in [6, 6.07) is 0. The van der Waals surface area contributed by atoms with Crippen LogP contribution in [0.5, 0.6) is 0 Å². The maximum absolute atomic E-state index is 12.4. The van der Waals surface area contributed by atoms with Gasteiger partial charge in [-0.05, 0) is 76.0 Å². The second-order valence-electron chi connectivity index (χ2n) is 9.03. The zero-order valence-electron chi connectivity index (χ0n) is 15.3. The van der Waals surface area contributed by atoms with Gasteiger partial charge in [-0.2, -0.15) is 0 Å². The molecule has 146 valence electrons. The van der Waals surface area contributed by atoms with Gasteiger partial charge >= 0.3 is 11.9 Å². The SMILES string of the molecule is O=C(O)CCCC(C[C@@H]1CC[C@H]2O[C@H]2C1)(C[C@@H]1CC[C@@H]2O[C@@H]2C1)C(=O)O. The molecule has 0 radical (unpaired) electrons. The van der Waals surface area contributed by atoms with Crippen LogP contribution in [0.25, 0.3) is 0 Å². The number of epoxide rings is 2. The summed E-state index contributed by atoms with van der Waals surface area (Å²) >= 11 is 0. The summed E-state index contributed by atoms with van der Waals surface area (Å²) in [4.78, 5) is 23.4. The number of fused-ring (bicyclic) bond motifs is 2. The summed E-state index contributed by atoms with van der Waals surface area (Å²) in [6.45, 7) is 0. The van der Waals surface area contributed by atoms with Crippen molar-refractivity contribution in [1.29, 1.82) is 0 Å². The Hall–Kier alpha value is -1.14. The third-order valence-corrected chi connectivity index (χ3v) is 7.08. The van der Waals surface area contributed by atoms with Crippen molar-refractivity contribution in [2.24, 2.45) is 17.3 Å². The lowest BCUT2D eigenvalue weighted by Gasteiger charge is -2.37. The zero-order valence-corrected chi connectivity index (χ0v) is 15.3. The highest BCUT2D eigenvalue weighted by Gasteiger charge is 2.50. The topological polar surface area (TPSA) is 99.7 Å². The molecule has 2 heterocycles. The first-order valence-corrected chi connectivity index (χ1v) is 10.2. The van der Waals surface area contributed by atoms with Gasteiger partial charge in [0.05, 0.1) is 29.8 Å². The third-order valence-electron chi connectivity index (χ3n) is 7.08. The summed E-state index contributed by atoms with van der Waals surface area (Å²) in [5.74, 6) is -0.815. The van der Waals surface area contributed by atoms with E-state index in [1.165, 1.54) is 0 Å². The monoisotopic (exact) mass is 366 g/mol. The normalized spacial score (nSPS) is 40.0. The summed E-state index contributed by atoms with van der Waals surface area (Å²) in [6.07, 6.45) is 9.89. The lowest BCUT2D eigenvalue weighted by atomic mass is 9.66. The van der Waals surface area contributed by atoms with Crippen LogP contribution in [-0.4, -0.2) is 46.6 Å². The Morgan fingerprint density at radius 3 is 1.81 bits per heavy atom. The van der Waals surface area contributed by atoms with E-state index in [2.05, 4.69) is 0 Å². The van der Waals surface area contributed by atoms with Gasteiger partial charge in [0.15, 0.2) is 0 Å². The van der Waals surface area contributed by atoms with Crippen molar-refractivity contribution in [3.8, 4) is 0 Å². The molecule has 2 saturated carbocycles. The maximum Gasteiger partial charge on any atom is 0.309 e. The van der Waals surface area contributed by atoms with Crippen molar-refractivity contribution in [3.05, 3.63) is 0 Å². The fourth-order valence-electron chi connectivity index (χ4n) is 5.60. The Labute approximate surface area is 154 Å². The first-order chi connectivity index (χ1) is 12.4. The first kappa shape index (κ1) is 18.2. The summed E-state index contributed by atoms with van der Waals surface area (Å²) in [5.41, 5.74) is -0.797. The Bertz CT molecular complexity index is 531. The molecule has 4 aliphatic rings. The number of hydrogen-bond acceptors (Lipinski definition) is 4. The van der Waals surface area contributed by atoms with E-state index >= 15 is 0 Å². The average Bonchev–Trinajstić information content (AvgIpc) is 3.48. The molecule has 0 bridgehead atoms. The van der Waals surface area contributed by atoms with Gasteiger partial charge in [-0.3, -0.25) is 9.59 Å². The second-order valence-corrected chi connectivity index (χ2v) is 9.03. The minimum Gasteiger partial charge on any atom is -0.481 e. The van der Waals surface area contributed by atoms with E-state index < -0.39 is 17.4 Å². The van der Waals surface area contributed by atoms with Crippen LogP contribution in [0.2, 0.25) is 0 Å². The predicted octanol–water partition coefficient (Wildman–Crippen LogP) is 3.23. The molecule has 0 aromatic carbocycles. The van der Waals surface area contributed by atoms with Crippen molar-refractivity contribution in [2.45, 2.75) is 95.0 Å². The number of carboxylic acids is 2. The zero-order chi connectivity index (χ0) is 18.3. The Morgan fingerprint density at radius 1 is 0.846 bits per heavy atom. The van der Waals surface area contributed by atoms with E-state index in [4.69, 9.17) is 14.6 Å². The number of carbonyl (C=O) groups is 2. The fraction of sp³-hybridized carbons (Fsp3) is 0.900. The molecule has 0 aromatic rings. The van der Waals surface area contributed by atoms with Gasteiger partial charge in [-0.1, -0.05) is 0 Å². The Kier molecular flexibility index (Phi) is 4.99. The molecule has 0 amide bonds. The van der Waals surface area contributed by atoms with Crippen molar-refractivity contribution in [2.75, 3.05) is 0 Å². The highest BCUT2D eigenvalue weighted by molar-refractivity contribution is 5.75. The van der Waals surface area contributed by atoms with Gasteiger partial charge in [0.2, 0.25) is 0 Å². The Morgan fingerprint density at radius 2 is 1.38 bits per heavy atom. The van der Waals surface area contributed by atoms with Crippen molar-refractivity contribution >= 4 is 11.9 Å². The largest absolute Gasteiger partial charge is 0.481 e. The molecule has 4 fully saturated rings. The predicted molar refractivity (Wildman–Crippen MR) is 92.8 cm³/mol. The van der Waals surface area contributed by atoms with Crippen LogP contribution < -0.4 is 0 Å². The lowest BCUT2D eigenvalue weighted by Crippen LogP contribution is -2.37. The molecule has 6 heteroatoms. The Balaban J connectivity index is 1.44. The second kappa shape index (κ2) is 7.12. The van der Waals surface area contributed by atoms with Crippen LogP contribution in [0.1, 0.15) is 70.6 Å². The molecule has 2 saturated heterocycles. The molecule has 2 aliphatic heterocycles. The van der Waals surface area contributed by atoms with Crippen molar-refractivity contribution < 1.29 is 29.3 Å². The van der Waals surface area contributed by atoms with E-state index in [1.807, 2.05) is 0 Å². The van der Waals surface area contributed by atoms with Crippen LogP contribution >= 0.6 is 0 Å². The third kappa shape index (κ3) is 4.06. The number of carboxylic acid groups (broad SMARTS) is 2. The minimum absolute atomic E-state index is 0.0476. The van der Waals surface area contributed by atoms with Crippen LogP contribution in [0.15, 0.2) is 0 Å². The van der Waals surface area contributed by atoms with Crippen LogP contribution in [0.3, 0.4) is 0 Å². The number of rotatable bonds is 9. The molecule has 7 atom stereocenters. The van der Waals surface area contributed by atoms with E-state index in [-0.39, 0.29) is 6.42 Å². The van der Waals surface area contributed by atoms with Gasteiger partial charge in [0.25, 0.3) is 0 Å². The van der Waals surface area contributed by atoms with Gasteiger partial charge < -0.3 is 19.7 Å². The van der Waals surface area contributed by atoms with Crippen molar-refractivity contribution in [3.63, 3.8) is 0 Å². The van der Waals surface area contributed by atoms with Crippen LogP contribution in [-0.2, 0) is 19.1 Å². The lowest BCUT2D eigenvalue weighted by molar-refractivity contribution is -0.153. The van der Waals surface area contributed by atoms with Crippen LogP contribution in [0, 0.1) is 17.3 Å². The number of aliphatic carboxylic acids is 2. The van der Waals surface area contributed by atoms with Gasteiger partial charge in [-0.25, -0.2) is 0 Å². The molecular weight excluding hydrogens is 336 g/mol. The number of hydrogen-bond donors (Lipinski definition) is 2. The van der Waals surface area contributed by atoms with Gasteiger partial charge in [0.1, 0.15) is 0 Å². The van der Waals surface area contributed by atoms with E-state index in [1.54, 1.807) is 0 Å². The molecule has 0 aromatic heterocycles. The minimum atomic E-state index is -0.844. The van der Waals surface area contributed by atoms with E-state index in [0.717, 1.165) is 38.5 Å². The van der Waals surface area contributed by atoms with E-state index in [0.29, 0.717) is 61.9 Å². The summed E-state index contributed by atoms with van der Waals surface area (Å²) < 4.78 is 11.2. The quantitative estimate of drug-likeness (QED) is 0.608. The standard InChI is InChI=1S/C20H30O6/c21-18(22)2-1-7-20(19(23)24,10-12-3-5-14-16(8-12)25-14)11-13-4-6-15-17(9-13)26-15/h12-17H,1-11H2,(H,21,22)(H,23,24)/t12-,13-,14-,15+,16+,17-,20?/m1/s1. The summed E-state index contributed by atoms with van der Waals surface area (Å²) in [5, 5.41) is 19.2. The highest BCUT2D eigenvalue weighted by Crippen LogP contribution is 2.50. The van der Waals surface area contributed by atoms with Gasteiger partial charge in [0, 0.05) is 6.42 Å². The van der Waals surface area contributed by atoms with E-state index in [9.17, 15) is 14.7 Å². The molecule has 0 spiro atoms. The number of ether oxygens (including phenoxy) is 2. The molecule has 26 heavy (non-hydrogen) atoms. The van der Waals surface area contributed by atoms with Crippen LogP contribution in [0.4, 0.5) is 0 Å². The molecule has 6 nitrogen and oxygen atoms in total. The fourth-order valence-corrected chi connectivity index (χ4v) is 5.60. The molecular formula is C20H30O6. The molecule has 2 aliphatic carbocycles. The maximum atomic E-state index is 12.4. The molecule has 4 rings (SSSR count). The van der Waals surface area contributed by atoms with Gasteiger partial charge in [-0.15, -0.1) is 0 Å². The molecule has 2 N–H and O–H groups in total. The first-order valence-electron chi connectivity index (χ1n) is 10.2. The average molecular weight is 366 g/mol. The van der Waals surface area contributed by atoms with Crippen molar-refractivity contribution in [1.82, 2.24) is 0 Å².